The van der Waals surface area contributed by atoms with Gasteiger partial charge in [-0.25, -0.2) is 0 Å². The second kappa shape index (κ2) is 5.75. The Kier molecular flexibility index (Phi) is 4.05. The highest BCUT2D eigenvalue weighted by Crippen LogP contribution is 2.19. The van der Waals surface area contributed by atoms with Gasteiger partial charge in [0.05, 0.1) is 12.5 Å². The van der Waals surface area contributed by atoms with Crippen LogP contribution >= 0.6 is 0 Å². The molecule has 0 saturated heterocycles. The molecule has 0 aliphatic heterocycles. The van der Waals surface area contributed by atoms with Gasteiger partial charge in [-0.05, 0) is 29.7 Å². The van der Waals surface area contributed by atoms with Crippen LogP contribution in [0, 0.1) is 11.3 Å². The summed E-state index contributed by atoms with van der Waals surface area (Å²) in [5, 5.41) is 14.1. The number of carbonyl (C=O) groups is 1. The normalized spacial score (nSPS) is 13.4. The van der Waals surface area contributed by atoms with Gasteiger partial charge in [0.2, 0.25) is 5.91 Å². The summed E-state index contributed by atoms with van der Waals surface area (Å²) in [7, 11) is 0. The van der Waals surface area contributed by atoms with Crippen molar-refractivity contribution < 1.29 is 4.79 Å². The molecule has 0 fully saturated rings. The molecular weight excluding hydrogens is 248 g/mol. The van der Waals surface area contributed by atoms with Crippen LogP contribution in [0.15, 0.2) is 42.5 Å². The summed E-state index contributed by atoms with van der Waals surface area (Å²) in [6.07, 6.45) is 0.878. The van der Waals surface area contributed by atoms with Gasteiger partial charge in [-0.2, -0.15) is 5.26 Å². The second-order valence-electron chi connectivity index (χ2n) is 5.16. The van der Waals surface area contributed by atoms with Gasteiger partial charge in [0, 0.05) is 0 Å². The number of nitriles is 1. The Balaban J connectivity index is 2.21. The number of nitrogens with one attached hydrogen (secondary N) is 1. The van der Waals surface area contributed by atoms with E-state index in [4.69, 9.17) is 5.26 Å². The number of fused-ring (bicyclic) bond motifs is 1. The molecule has 0 heterocycles. The maximum atomic E-state index is 12.1. The molecule has 0 aliphatic carbocycles. The van der Waals surface area contributed by atoms with Gasteiger partial charge in [-0.1, -0.05) is 49.4 Å². The molecule has 1 amide bonds. The van der Waals surface area contributed by atoms with Gasteiger partial charge in [0.25, 0.3) is 0 Å². The van der Waals surface area contributed by atoms with E-state index in [1.807, 2.05) is 49.4 Å². The first-order valence-corrected chi connectivity index (χ1v) is 6.77. The average Bonchev–Trinajstić information content (AvgIpc) is 2.47. The second-order valence-corrected chi connectivity index (χ2v) is 5.16. The van der Waals surface area contributed by atoms with Crippen LogP contribution in [-0.2, 0) is 11.2 Å². The molecule has 2 aromatic carbocycles. The summed E-state index contributed by atoms with van der Waals surface area (Å²) < 4.78 is 0. The van der Waals surface area contributed by atoms with E-state index in [9.17, 15) is 4.79 Å². The highest BCUT2D eigenvalue weighted by atomic mass is 16.1. The first kappa shape index (κ1) is 14.1. The number of benzene rings is 2. The highest BCUT2D eigenvalue weighted by molar-refractivity contribution is 5.90. The van der Waals surface area contributed by atoms with Crippen molar-refractivity contribution in [3.63, 3.8) is 0 Å². The van der Waals surface area contributed by atoms with Crippen LogP contribution in [0.25, 0.3) is 10.8 Å². The third-order valence-electron chi connectivity index (χ3n) is 3.60. The smallest absolute Gasteiger partial charge is 0.225 e. The number of nitrogens with zero attached hydrogens (tertiary/aromatic N) is 1. The Morgan fingerprint density at radius 3 is 2.65 bits per heavy atom. The van der Waals surface area contributed by atoms with Crippen LogP contribution in [0.4, 0.5) is 0 Å². The van der Waals surface area contributed by atoms with Crippen LogP contribution in [0.5, 0.6) is 0 Å². The van der Waals surface area contributed by atoms with E-state index in [2.05, 4.69) is 11.4 Å². The van der Waals surface area contributed by atoms with E-state index in [1.54, 1.807) is 6.92 Å². The Hall–Kier alpha value is -2.34. The molecule has 1 N–H and O–H groups in total. The Bertz CT molecular complexity index is 667. The van der Waals surface area contributed by atoms with E-state index < -0.39 is 5.54 Å². The lowest BCUT2D eigenvalue weighted by Crippen LogP contribution is -2.44. The molecule has 0 bridgehead atoms. The molecule has 1 unspecified atom stereocenters. The van der Waals surface area contributed by atoms with Crippen molar-refractivity contribution >= 4 is 16.7 Å². The third-order valence-corrected chi connectivity index (χ3v) is 3.60. The molecule has 2 aromatic rings. The topological polar surface area (TPSA) is 52.9 Å². The number of hydrogen-bond donors (Lipinski definition) is 1. The maximum absolute atomic E-state index is 12.1. The minimum atomic E-state index is -0.790. The van der Waals surface area contributed by atoms with Crippen LogP contribution in [-0.4, -0.2) is 11.4 Å². The standard InChI is InChI=1S/C17H18N2O/c1-3-17(2,12-18)19-16(20)11-14-9-6-8-13-7-4-5-10-15(13)14/h4-10H,3,11H2,1-2H3,(H,19,20). The van der Waals surface area contributed by atoms with Crippen LogP contribution in [0.1, 0.15) is 25.8 Å². The zero-order chi connectivity index (χ0) is 14.6. The van der Waals surface area contributed by atoms with Crippen LogP contribution in [0.2, 0.25) is 0 Å². The fourth-order valence-electron chi connectivity index (χ4n) is 2.17. The predicted octanol–water partition coefficient (Wildman–Crippen LogP) is 3.19. The molecule has 0 radical (unpaired) electrons. The zero-order valence-corrected chi connectivity index (χ0v) is 11.8. The van der Waals surface area contributed by atoms with Gasteiger partial charge < -0.3 is 5.32 Å². The van der Waals surface area contributed by atoms with Gasteiger partial charge in [0.15, 0.2) is 0 Å². The zero-order valence-electron chi connectivity index (χ0n) is 11.8. The van der Waals surface area contributed by atoms with E-state index in [-0.39, 0.29) is 5.91 Å². The van der Waals surface area contributed by atoms with Gasteiger partial charge in [0.1, 0.15) is 5.54 Å². The van der Waals surface area contributed by atoms with Crippen LogP contribution < -0.4 is 5.32 Å². The number of rotatable bonds is 4. The van der Waals surface area contributed by atoms with E-state index in [0.717, 1.165) is 16.3 Å². The fourth-order valence-corrected chi connectivity index (χ4v) is 2.17. The first-order valence-electron chi connectivity index (χ1n) is 6.77. The monoisotopic (exact) mass is 266 g/mol. The van der Waals surface area contributed by atoms with Gasteiger partial charge in [-0.3, -0.25) is 4.79 Å². The summed E-state index contributed by atoms with van der Waals surface area (Å²) in [6.45, 7) is 3.63. The van der Waals surface area contributed by atoms with Crippen molar-refractivity contribution in [2.24, 2.45) is 0 Å². The van der Waals surface area contributed by atoms with Crippen molar-refractivity contribution in [3.05, 3.63) is 48.0 Å². The molecule has 0 saturated carbocycles. The highest BCUT2D eigenvalue weighted by Gasteiger charge is 2.23. The van der Waals surface area contributed by atoms with Crippen molar-refractivity contribution in [2.45, 2.75) is 32.2 Å². The van der Waals surface area contributed by atoms with E-state index in [1.165, 1.54) is 0 Å². The molecule has 3 heteroatoms. The number of carbonyl (C=O) groups excluding carboxylic acids is 1. The predicted molar refractivity (Wildman–Crippen MR) is 80.1 cm³/mol. The van der Waals surface area contributed by atoms with Crippen molar-refractivity contribution in [3.8, 4) is 6.07 Å². The lowest BCUT2D eigenvalue weighted by atomic mass is 9.99. The summed E-state index contributed by atoms with van der Waals surface area (Å²) in [4.78, 5) is 12.1. The summed E-state index contributed by atoms with van der Waals surface area (Å²) in [6, 6.07) is 16.1. The quantitative estimate of drug-likeness (QED) is 0.924. The minimum Gasteiger partial charge on any atom is -0.338 e. The van der Waals surface area contributed by atoms with E-state index in [0.29, 0.717) is 12.8 Å². The lowest BCUT2D eigenvalue weighted by molar-refractivity contribution is -0.121. The number of amides is 1. The summed E-state index contributed by atoms with van der Waals surface area (Å²) >= 11 is 0. The fraction of sp³-hybridized carbons (Fsp3) is 0.294. The first-order chi connectivity index (χ1) is 9.58. The van der Waals surface area contributed by atoms with Gasteiger partial charge >= 0.3 is 0 Å². The molecule has 1 atom stereocenters. The molecule has 0 aromatic heterocycles. The van der Waals surface area contributed by atoms with E-state index >= 15 is 0 Å². The third kappa shape index (κ3) is 2.97. The molecule has 0 aliphatic rings. The Morgan fingerprint density at radius 1 is 1.25 bits per heavy atom. The molecule has 2 rings (SSSR count). The summed E-state index contributed by atoms with van der Waals surface area (Å²) in [5.41, 5.74) is 0.193. The van der Waals surface area contributed by atoms with Gasteiger partial charge in [-0.15, -0.1) is 0 Å². The minimum absolute atomic E-state index is 0.118. The maximum Gasteiger partial charge on any atom is 0.225 e. The Labute approximate surface area is 119 Å². The number of hydrogen-bond acceptors (Lipinski definition) is 2. The molecule has 3 nitrogen and oxygen atoms in total. The van der Waals surface area contributed by atoms with Crippen molar-refractivity contribution in [1.82, 2.24) is 5.32 Å². The molecule has 102 valence electrons. The lowest BCUT2D eigenvalue weighted by Gasteiger charge is -2.21. The summed E-state index contributed by atoms with van der Waals surface area (Å²) in [5.74, 6) is -0.118. The Morgan fingerprint density at radius 2 is 1.95 bits per heavy atom. The average molecular weight is 266 g/mol. The van der Waals surface area contributed by atoms with Crippen LogP contribution in [0.3, 0.4) is 0 Å². The molecular formula is C17H18N2O. The molecule has 20 heavy (non-hydrogen) atoms. The SMILES string of the molecule is CCC(C)(C#N)NC(=O)Cc1cccc2ccccc12. The largest absolute Gasteiger partial charge is 0.338 e. The van der Waals surface area contributed by atoms with Crippen molar-refractivity contribution in [2.75, 3.05) is 0 Å². The molecule has 0 spiro atoms. The van der Waals surface area contributed by atoms with Crippen molar-refractivity contribution in [1.29, 1.82) is 5.26 Å².